The maximum Gasteiger partial charge on any atom is 0.191 e. The molecular weight excluding hydrogens is 468 g/mol. The lowest BCUT2D eigenvalue weighted by Gasteiger charge is -2.30. The Kier molecular flexibility index (Phi) is 7.50. The number of carbonyl (C=O) groups excluding carboxylic acids is 2. The average Bonchev–Trinajstić information content (AvgIpc) is 2.79. The topological polar surface area (TPSA) is 88.5 Å². The van der Waals surface area contributed by atoms with Crippen LogP contribution in [0.25, 0.3) is 0 Å². The molecule has 3 aromatic carbocycles. The summed E-state index contributed by atoms with van der Waals surface area (Å²) in [4.78, 5) is 28.3. The molecule has 0 radical (unpaired) electrons. The van der Waals surface area contributed by atoms with E-state index in [0.717, 1.165) is 15.4 Å². The lowest BCUT2D eigenvalue weighted by Crippen LogP contribution is -2.48. The Bertz CT molecular complexity index is 1270. The summed E-state index contributed by atoms with van der Waals surface area (Å²) in [5.74, 6) is -1.42. The molecular formula is C27H28O5S2. The Morgan fingerprint density at radius 3 is 1.88 bits per heavy atom. The monoisotopic (exact) mass is 496 g/mol. The van der Waals surface area contributed by atoms with Crippen molar-refractivity contribution in [1.29, 1.82) is 0 Å². The average molecular weight is 497 g/mol. The third-order valence-corrected chi connectivity index (χ3v) is 9.10. The first kappa shape index (κ1) is 25.9. The van der Waals surface area contributed by atoms with E-state index in [1.165, 1.54) is 44.7 Å². The van der Waals surface area contributed by atoms with E-state index in [2.05, 4.69) is 0 Å². The third-order valence-electron chi connectivity index (χ3n) is 5.68. The van der Waals surface area contributed by atoms with Crippen molar-refractivity contribution < 1.29 is 23.1 Å². The van der Waals surface area contributed by atoms with Crippen molar-refractivity contribution in [3.05, 3.63) is 90.0 Å². The smallest absolute Gasteiger partial charge is 0.191 e. The minimum atomic E-state index is -4.27. The molecule has 0 aliphatic rings. The Labute approximate surface area is 205 Å². The molecule has 178 valence electrons. The third kappa shape index (κ3) is 5.49. The molecule has 3 rings (SSSR count). The zero-order chi connectivity index (χ0) is 25.1. The minimum absolute atomic E-state index is 0.0475. The molecule has 0 aliphatic heterocycles. The van der Waals surface area contributed by atoms with Crippen molar-refractivity contribution in [2.45, 2.75) is 59.2 Å². The largest absolute Gasteiger partial charge is 0.383 e. The van der Waals surface area contributed by atoms with Gasteiger partial charge in [-0.05, 0) is 64.1 Å². The zero-order valence-electron chi connectivity index (χ0n) is 19.6. The molecule has 0 bridgehead atoms. The van der Waals surface area contributed by atoms with Gasteiger partial charge in [-0.1, -0.05) is 59.8 Å². The van der Waals surface area contributed by atoms with E-state index in [-0.39, 0.29) is 10.5 Å². The van der Waals surface area contributed by atoms with Gasteiger partial charge in [0.05, 0.1) is 4.90 Å². The van der Waals surface area contributed by atoms with E-state index in [1.807, 2.05) is 37.3 Å². The van der Waals surface area contributed by atoms with Gasteiger partial charge in [-0.3, -0.25) is 9.59 Å². The standard InChI is InChI=1S/C27H28O5S2/c1-19-10-16-23(17-11-19)34(31,32)27(4,18-24(28)26(2,3)30)25(29)20-12-14-22(15-13-20)33-21-8-6-5-7-9-21/h5-17,30H,18H2,1-4H3. The predicted molar refractivity (Wildman–Crippen MR) is 134 cm³/mol. The number of ketones is 2. The summed E-state index contributed by atoms with van der Waals surface area (Å²) in [6.45, 7) is 5.66. The van der Waals surface area contributed by atoms with Gasteiger partial charge in [0.1, 0.15) is 10.3 Å². The highest BCUT2D eigenvalue weighted by Gasteiger charge is 2.50. The number of hydrogen-bond acceptors (Lipinski definition) is 6. The van der Waals surface area contributed by atoms with Gasteiger partial charge in [0.2, 0.25) is 0 Å². The fourth-order valence-electron chi connectivity index (χ4n) is 3.40. The van der Waals surface area contributed by atoms with Crippen LogP contribution in [-0.2, 0) is 14.6 Å². The van der Waals surface area contributed by atoms with Crippen LogP contribution in [-0.4, -0.2) is 35.4 Å². The van der Waals surface area contributed by atoms with Crippen LogP contribution < -0.4 is 0 Å². The van der Waals surface area contributed by atoms with E-state index < -0.39 is 38.2 Å². The van der Waals surface area contributed by atoms with Gasteiger partial charge in [-0.2, -0.15) is 0 Å². The Morgan fingerprint density at radius 2 is 1.35 bits per heavy atom. The first-order valence-electron chi connectivity index (χ1n) is 10.8. The molecule has 34 heavy (non-hydrogen) atoms. The first-order valence-corrected chi connectivity index (χ1v) is 13.1. The summed E-state index contributed by atoms with van der Waals surface area (Å²) < 4.78 is 25.3. The van der Waals surface area contributed by atoms with E-state index in [1.54, 1.807) is 36.4 Å². The second kappa shape index (κ2) is 9.86. The van der Waals surface area contributed by atoms with Gasteiger partial charge in [0.25, 0.3) is 0 Å². The van der Waals surface area contributed by atoms with E-state index in [4.69, 9.17) is 0 Å². The molecule has 0 heterocycles. The van der Waals surface area contributed by atoms with Gasteiger partial charge in [0, 0.05) is 21.8 Å². The van der Waals surface area contributed by atoms with Gasteiger partial charge >= 0.3 is 0 Å². The number of sulfone groups is 1. The molecule has 0 fully saturated rings. The van der Waals surface area contributed by atoms with Gasteiger partial charge in [-0.25, -0.2) is 8.42 Å². The second-order valence-electron chi connectivity index (χ2n) is 8.97. The first-order chi connectivity index (χ1) is 15.8. The molecule has 7 heteroatoms. The quantitative estimate of drug-likeness (QED) is 0.405. The number of carbonyl (C=O) groups is 2. The number of aliphatic hydroxyl groups is 1. The predicted octanol–water partition coefficient (Wildman–Crippen LogP) is 5.29. The summed E-state index contributed by atoms with van der Waals surface area (Å²) >= 11 is 1.52. The van der Waals surface area contributed by atoms with Crippen molar-refractivity contribution in [2.24, 2.45) is 0 Å². The number of rotatable bonds is 9. The molecule has 1 unspecified atom stereocenters. The fourth-order valence-corrected chi connectivity index (χ4v) is 5.94. The van der Waals surface area contributed by atoms with Crippen LogP contribution in [0.5, 0.6) is 0 Å². The summed E-state index contributed by atoms with van der Waals surface area (Å²) in [5, 5.41) is 10.2. The second-order valence-corrected chi connectivity index (χ2v) is 12.5. The minimum Gasteiger partial charge on any atom is -0.383 e. The van der Waals surface area contributed by atoms with Crippen LogP contribution in [0.1, 0.15) is 43.1 Å². The van der Waals surface area contributed by atoms with Crippen LogP contribution in [0.15, 0.2) is 93.5 Å². The molecule has 0 aromatic heterocycles. The molecule has 1 atom stereocenters. The molecule has 0 spiro atoms. The number of Topliss-reactive ketones (excluding diaryl/α,β-unsaturated/α-hetero) is 2. The lowest BCUT2D eigenvalue weighted by molar-refractivity contribution is -0.134. The van der Waals surface area contributed by atoms with Crippen LogP contribution >= 0.6 is 11.8 Å². The Balaban J connectivity index is 2.01. The van der Waals surface area contributed by atoms with Crippen LogP contribution in [0.2, 0.25) is 0 Å². The molecule has 0 saturated heterocycles. The van der Waals surface area contributed by atoms with Crippen LogP contribution in [0, 0.1) is 6.92 Å². The van der Waals surface area contributed by atoms with Gasteiger partial charge in [0.15, 0.2) is 21.4 Å². The number of benzene rings is 3. The van der Waals surface area contributed by atoms with Crippen LogP contribution in [0.4, 0.5) is 0 Å². The molecule has 0 aliphatic carbocycles. The molecule has 5 nitrogen and oxygen atoms in total. The maximum absolute atomic E-state index is 13.7. The summed E-state index contributed by atoms with van der Waals surface area (Å²) in [7, 11) is -4.27. The highest BCUT2D eigenvalue weighted by molar-refractivity contribution is 7.99. The normalized spacial score (nSPS) is 13.8. The lowest BCUT2D eigenvalue weighted by atomic mass is 9.88. The Morgan fingerprint density at radius 1 is 0.824 bits per heavy atom. The zero-order valence-corrected chi connectivity index (χ0v) is 21.2. The van der Waals surface area contributed by atoms with E-state index in [9.17, 15) is 23.1 Å². The molecule has 1 N–H and O–H groups in total. The molecule has 3 aromatic rings. The SMILES string of the molecule is Cc1ccc(S(=O)(=O)C(C)(CC(=O)C(C)(C)O)C(=O)c2ccc(Sc3ccccc3)cc2)cc1. The van der Waals surface area contributed by atoms with Crippen molar-refractivity contribution in [1.82, 2.24) is 0 Å². The maximum atomic E-state index is 13.7. The van der Waals surface area contributed by atoms with Crippen molar-refractivity contribution >= 4 is 33.2 Å². The Hall–Kier alpha value is -2.74. The highest BCUT2D eigenvalue weighted by Crippen LogP contribution is 2.35. The van der Waals surface area contributed by atoms with Gasteiger partial charge in [-0.15, -0.1) is 0 Å². The van der Waals surface area contributed by atoms with Crippen molar-refractivity contribution in [3.63, 3.8) is 0 Å². The van der Waals surface area contributed by atoms with Crippen molar-refractivity contribution in [3.8, 4) is 0 Å². The summed E-state index contributed by atoms with van der Waals surface area (Å²) in [6.07, 6.45) is -0.647. The summed E-state index contributed by atoms with van der Waals surface area (Å²) in [6, 6.07) is 22.5. The molecule has 0 amide bonds. The van der Waals surface area contributed by atoms with Crippen molar-refractivity contribution in [2.75, 3.05) is 0 Å². The van der Waals surface area contributed by atoms with Gasteiger partial charge < -0.3 is 5.11 Å². The summed E-state index contributed by atoms with van der Waals surface area (Å²) in [5.41, 5.74) is -0.731. The fraction of sp³-hybridized carbons (Fsp3) is 0.259. The van der Waals surface area contributed by atoms with E-state index in [0.29, 0.717) is 0 Å². The molecule has 0 saturated carbocycles. The highest BCUT2D eigenvalue weighted by atomic mass is 32.2. The number of hydrogen-bond donors (Lipinski definition) is 1. The van der Waals surface area contributed by atoms with E-state index >= 15 is 0 Å². The number of aryl methyl sites for hydroxylation is 1. The van der Waals surface area contributed by atoms with Crippen LogP contribution in [0.3, 0.4) is 0 Å².